The molecule has 190 valence electrons. The number of amides is 1. The van der Waals surface area contributed by atoms with Crippen LogP contribution in [0.4, 0.5) is 13.2 Å². The SMILES string of the molecule is Cn1cnc(C(=O)N(Cc2cccc(OC(F)(F)F)c2)CC2C3CN(CC4CCCCC4)CC32)c1. The summed E-state index contributed by atoms with van der Waals surface area (Å²) in [5, 5.41) is 0. The first kappa shape index (κ1) is 24.2. The van der Waals surface area contributed by atoms with Gasteiger partial charge < -0.3 is 19.1 Å². The molecule has 2 heterocycles. The molecule has 9 heteroatoms. The maximum Gasteiger partial charge on any atom is 0.573 e. The third kappa shape index (κ3) is 6.00. The number of hydrogen-bond donors (Lipinski definition) is 0. The Balaban J connectivity index is 1.23. The van der Waals surface area contributed by atoms with Gasteiger partial charge in [-0.2, -0.15) is 0 Å². The molecule has 1 aromatic carbocycles. The average Bonchev–Trinajstić information content (AvgIpc) is 3.13. The van der Waals surface area contributed by atoms with E-state index in [-0.39, 0.29) is 18.2 Å². The zero-order valence-electron chi connectivity index (χ0n) is 20.1. The van der Waals surface area contributed by atoms with Crippen molar-refractivity contribution in [1.82, 2.24) is 19.4 Å². The number of imidazole rings is 1. The summed E-state index contributed by atoms with van der Waals surface area (Å²) in [6.45, 7) is 4.18. The Kier molecular flexibility index (Phi) is 6.79. The number of likely N-dealkylation sites (tertiary alicyclic amines) is 1. The predicted molar refractivity (Wildman–Crippen MR) is 125 cm³/mol. The van der Waals surface area contributed by atoms with Crippen LogP contribution in [0, 0.1) is 23.7 Å². The number of aryl methyl sites for hydroxylation is 1. The van der Waals surface area contributed by atoms with Crippen LogP contribution in [0.25, 0.3) is 0 Å². The Morgan fingerprint density at radius 1 is 1.17 bits per heavy atom. The van der Waals surface area contributed by atoms with Crippen LogP contribution in [0.3, 0.4) is 0 Å². The minimum Gasteiger partial charge on any atom is -0.406 e. The number of halogens is 3. The lowest BCUT2D eigenvalue weighted by atomic mass is 9.89. The lowest BCUT2D eigenvalue weighted by Gasteiger charge is -2.29. The van der Waals surface area contributed by atoms with E-state index in [1.54, 1.807) is 35.1 Å². The molecule has 1 saturated heterocycles. The van der Waals surface area contributed by atoms with Crippen molar-refractivity contribution in [3.63, 3.8) is 0 Å². The molecular formula is C26H33F3N4O2. The van der Waals surface area contributed by atoms with Gasteiger partial charge in [0.2, 0.25) is 0 Å². The Morgan fingerprint density at radius 2 is 1.91 bits per heavy atom. The highest BCUT2D eigenvalue weighted by Crippen LogP contribution is 2.52. The van der Waals surface area contributed by atoms with Gasteiger partial charge >= 0.3 is 6.36 Å². The molecule has 0 spiro atoms. The van der Waals surface area contributed by atoms with Gasteiger partial charge in [-0.15, -0.1) is 13.2 Å². The number of fused-ring (bicyclic) bond motifs is 1. The molecule has 2 unspecified atom stereocenters. The highest BCUT2D eigenvalue weighted by molar-refractivity contribution is 5.92. The van der Waals surface area contributed by atoms with Gasteiger partial charge in [0, 0.05) is 46.0 Å². The molecule has 0 N–H and O–H groups in total. The van der Waals surface area contributed by atoms with E-state index in [9.17, 15) is 18.0 Å². The fraction of sp³-hybridized carbons (Fsp3) is 0.615. The molecule has 0 radical (unpaired) electrons. The summed E-state index contributed by atoms with van der Waals surface area (Å²) in [6, 6.07) is 5.87. The first-order valence-corrected chi connectivity index (χ1v) is 12.6. The minimum absolute atomic E-state index is 0.197. The van der Waals surface area contributed by atoms with E-state index in [0.29, 0.717) is 35.6 Å². The van der Waals surface area contributed by atoms with Crippen molar-refractivity contribution in [3.8, 4) is 5.75 Å². The molecule has 1 amide bonds. The van der Waals surface area contributed by atoms with Crippen molar-refractivity contribution >= 4 is 5.91 Å². The van der Waals surface area contributed by atoms with E-state index in [1.165, 1.54) is 56.8 Å². The lowest BCUT2D eigenvalue weighted by Crippen LogP contribution is -2.36. The van der Waals surface area contributed by atoms with Crippen molar-refractivity contribution in [2.24, 2.45) is 30.7 Å². The summed E-state index contributed by atoms with van der Waals surface area (Å²) in [6.07, 6.45) is 5.28. The van der Waals surface area contributed by atoms with Crippen molar-refractivity contribution in [2.45, 2.75) is 45.0 Å². The number of rotatable bonds is 8. The van der Waals surface area contributed by atoms with E-state index in [0.717, 1.165) is 19.0 Å². The number of carbonyl (C=O) groups excluding carboxylic acids is 1. The van der Waals surface area contributed by atoms with Gasteiger partial charge in [-0.3, -0.25) is 4.79 Å². The normalized spacial score (nSPS) is 24.9. The monoisotopic (exact) mass is 490 g/mol. The average molecular weight is 491 g/mol. The predicted octanol–water partition coefficient (Wildman–Crippen LogP) is 4.72. The Morgan fingerprint density at radius 3 is 2.57 bits per heavy atom. The Hall–Kier alpha value is -2.55. The van der Waals surface area contributed by atoms with Crippen LogP contribution in [-0.2, 0) is 13.6 Å². The molecule has 3 aliphatic rings. The van der Waals surface area contributed by atoms with Gasteiger partial charge in [0.05, 0.1) is 6.33 Å². The van der Waals surface area contributed by atoms with Gasteiger partial charge in [-0.1, -0.05) is 31.4 Å². The van der Waals surface area contributed by atoms with Crippen LogP contribution in [0.15, 0.2) is 36.8 Å². The summed E-state index contributed by atoms with van der Waals surface area (Å²) in [5.41, 5.74) is 0.945. The maximum absolute atomic E-state index is 13.3. The number of alkyl halides is 3. The third-order valence-electron chi connectivity index (χ3n) is 7.84. The number of carbonyl (C=O) groups is 1. The summed E-state index contributed by atoms with van der Waals surface area (Å²) >= 11 is 0. The topological polar surface area (TPSA) is 50.6 Å². The van der Waals surface area contributed by atoms with Crippen molar-refractivity contribution in [3.05, 3.63) is 48.0 Å². The molecule has 5 rings (SSSR count). The maximum atomic E-state index is 13.3. The fourth-order valence-corrected chi connectivity index (χ4v) is 6.11. The molecule has 2 aromatic rings. The van der Waals surface area contributed by atoms with E-state index in [2.05, 4.69) is 14.6 Å². The van der Waals surface area contributed by atoms with Crippen LogP contribution in [-0.4, -0.2) is 57.8 Å². The Labute approximate surface area is 204 Å². The smallest absolute Gasteiger partial charge is 0.406 e. The van der Waals surface area contributed by atoms with Crippen LogP contribution in [0.2, 0.25) is 0 Å². The van der Waals surface area contributed by atoms with Crippen LogP contribution in [0.1, 0.15) is 48.2 Å². The van der Waals surface area contributed by atoms with Gasteiger partial charge in [-0.25, -0.2) is 4.98 Å². The third-order valence-corrected chi connectivity index (χ3v) is 7.84. The molecular weight excluding hydrogens is 457 g/mol. The fourth-order valence-electron chi connectivity index (χ4n) is 6.11. The van der Waals surface area contributed by atoms with E-state index < -0.39 is 6.36 Å². The zero-order chi connectivity index (χ0) is 24.6. The first-order valence-electron chi connectivity index (χ1n) is 12.6. The molecule has 35 heavy (non-hydrogen) atoms. The van der Waals surface area contributed by atoms with E-state index >= 15 is 0 Å². The number of hydrogen-bond acceptors (Lipinski definition) is 4. The van der Waals surface area contributed by atoms with Crippen LogP contribution < -0.4 is 4.74 Å². The van der Waals surface area contributed by atoms with E-state index in [4.69, 9.17) is 0 Å². The van der Waals surface area contributed by atoms with Gasteiger partial charge in [0.25, 0.3) is 5.91 Å². The second kappa shape index (κ2) is 9.84. The van der Waals surface area contributed by atoms with Crippen molar-refractivity contribution in [2.75, 3.05) is 26.2 Å². The summed E-state index contributed by atoms with van der Waals surface area (Å²) < 4.78 is 43.8. The number of piperidine rings is 1. The van der Waals surface area contributed by atoms with E-state index in [1.807, 2.05) is 0 Å². The molecule has 0 bridgehead atoms. The minimum atomic E-state index is -4.75. The molecule has 3 fully saturated rings. The second-order valence-corrected chi connectivity index (χ2v) is 10.5. The number of aromatic nitrogens is 2. The van der Waals surface area contributed by atoms with Gasteiger partial charge in [0.15, 0.2) is 0 Å². The largest absolute Gasteiger partial charge is 0.573 e. The highest BCUT2D eigenvalue weighted by atomic mass is 19.4. The second-order valence-electron chi connectivity index (χ2n) is 10.5. The molecule has 1 aromatic heterocycles. The summed E-state index contributed by atoms with van der Waals surface area (Å²) in [7, 11) is 1.80. The van der Waals surface area contributed by atoms with Gasteiger partial charge in [-0.05, 0) is 54.2 Å². The molecule has 6 nitrogen and oxygen atoms in total. The zero-order valence-corrected chi connectivity index (χ0v) is 20.1. The standard InChI is InChI=1S/C26H33F3N4O2/c1-31-16-24(30-17-31)25(34)33(12-19-8-5-9-20(10-19)35-26(27,28)29)15-23-21-13-32(14-22(21)23)11-18-6-3-2-4-7-18/h5,8-10,16-18,21-23H,2-4,6-7,11-15H2,1H3. The van der Waals surface area contributed by atoms with Crippen molar-refractivity contribution in [1.29, 1.82) is 0 Å². The van der Waals surface area contributed by atoms with Crippen LogP contribution >= 0.6 is 0 Å². The molecule has 1 aliphatic heterocycles. The molecule has 2 aliphatic carbocycles. The number of ether oxygens (including phenoxy) is 1. The quantitative estimate of drug-likeness (QED) is 0.538. The molecule has 2 atom stereocenters. The summed E-state index contributed by atoms with van der Waals surface area (Å²) in [4.78, 5) is 21.9. The van der Waals surface area contributed by atoms with Crippen molar-refractivity contribution < 1.29 is 22.7 Å². The van der Waals surface area contributed by atoms with Crippen LogP contribution in [0.5, 0.6) is 5.75 Å². The first-order chi connectivity index (χ1) is 16.7. The lowest BCUT2D eigenvalue weighted by molar-refractivity contribution is -0.274. The number of nitrogens with zero attached hydrogens (tertiary/aromatic N) is 4. The summed E-state index contributed by atoms with van der Waals surface area (Å²) in [5.74, 6) is 1.97. The molecule has 2 saturated carbocycles. The Bertz CT molecular complexity index is 1020. The van der Waals surface area contributed by atoms with Gasteiger partial charge in [0.1, 0.15) is 11.4 Å². The number of benzene rings is 1. The highest BCUT2D eigenvalue weighted by Gasteiger charge is 2.56.